The fourth-order valence-electron chi connectivity index (χ4n) is 6.92. The maximum atomic E-state index is 7.00. The molecule has 4 aromatic rings. The summed E-state index contributed by atoms with van der Waals surface area (Å²) < 4.78 is 65.4. The molecule has 4 aromatic carbocycles. The number of fused-ring (bicyclic) bond motifs is 1. The van der Waals surface area contributed by atoms with Gasteiger partial charge in [-0.2, -0.15) is 0 Å². The smallest absolute Gasteiger partial charge is 0.316 e. The van der Waals surface area contributed by atoms with Gasteiger partial charge in [0.15, 0.2) is 19.2 Å². The molecule has 0 amide bonds. The Kier molecular flexibility index (Phi) is 12.7. The van der Waals surface area contributed by atoms with Crippen LogP contribution >= 0.6 is 0 Å². The predicted octanol–water partition coefficient (Wildman–Crippen LogP) is 6.55. The Labute approximate surface area is 305 Å². The lowest BCUT2D eigenvalue weighted by Gasteiger charge is -2.52. The molecular formula is C42H48O10. The second kappa shape index (κ2) is 18.0. The van der Waals surface area contributed by atoms with Crippen molar-refractivity contribution in [1.82, 2.24) is 0 Å². The van der Waals surface area contributed by atoms with Crippen molar-refractivity contribution in [3.05, 3.63) is 144 Å². The summed E-state index contributed by atoms with van der Waals surface area (Å²) in [5, 5.41) is 0. The Balaban J connectivity index is 1.26. The molecule has 3 saturated heterocycles. The maximum Gasteiger partial charge on any atom is 0.316 e. The van der Waals surface area contributed by atoms with Crippen LogP contribution in [0, 0.1) is 0 Å². The quantitative estimate of drug-likeness (QED) is 0.143. The molecule has 4 unspecified atom stereocenters. The van der Waals surface area contributed by atoms with Crippen LogP contribution in [0.15, 0.2) is 121 Å². The summed E-state index contributed by atoms with van der Waals surface area (Å²) in [6.07, 6.45) is -4.38. The fourth-order valence-corrected chi connectivity index (χ4v) is 6.92. The van der Waals surface area contributed by atoms with E-state index in [0.717, 1.165) is 22.3 Å². The third-order valence-corrected chi connectivity index (χ3v) is 9.62. The molecule has 0 saturated carbocycles. The number of rotatable bonds is 14. The van der Waals surface area contributed by atoms with Gasteiger partial charge in [-0.3, -0.25) is 4.74 Å². The van der Waals surface area contributed by atoms with Crippen molar-refractivity contribution in [1.29, 1.82) is 0 Å². The van der Waals surface area contributed by atoms with Crippen LogP contribution in [0.4, 0.5) is 0 Å². The second-order valence-corrected chi connectivity index (χ2v) is 13.3. The third-order valence-electron chi connectivity index (χ3n) is 9.62. The summed E-state index contributed by atoms with van der Waals surface area (Å²) >= 11 is 0. The number of hydrogen-bond acceptors (Lipinski definition) is 10. The first kappa shape index (κ1) is 36.8. The van der Waals surface area contributed by atoms with Gasteiger partial charge >= 0.3 is 5.97 Å². The minimum absolute atomic E-state index is 0.117. The second-order valence-electron chi connectivity index (χ2n) is 13.3. The van der Waals surface area contributed by atoms with E-state index in [0.29, 0.717) is 19.6 Å². The Morgan fingerprint density at radius 1 is 0.635 bits per heavy atom. The molecule has 9 atom stereocenters. The van der Waals surface area contributed by atoms with Gasteiger partial charge in [0.2, 0.25) is 0 Å². The summed E-state index contributed by atoms with van der Waals surface area (Å²) in [7, 11) is 1.62. The Hall–Kier alpha value is -3.52. The summed E-state index contributed by atoms with van der Waals surface area (Å²) in [5.74, 6) is -1.78. The topological polar surface area (TPSA) is 92.3 Å². The van der Waals surface area contributed by atoms with E-state index in [1.807, 2.05) is 128 Å². The molecule has 276 valence electrons. The zero-order valence-corrected chi connectivity index (χ0v) is 29.7. The highest BCUT2D eigenvalue weighted by atomic mass is 16.9. The van der Waals surface area contributed by atoms with Gasteiger partial charge in [0.1, 0.15) is 24.4 Å². The molecule has 1 spiro atoms. The summed E-state index contributed by atoms with van der Waals surface area (Å²) in [6, 6.07) is 40.0. The van der Waals surface area contributed by atoms with E-state index in [-0.39, 0.29) is 32.7 Å². The molecule has 0 aromatic heterocycles. The maximum absolute atomic E-state index is 7.00. The molecular weight excluding hydrogens is 664 g/mol. The van der Waals surface area contributed by atoms with Crippen LogP contribution in [-0.4, -0.2) is 75.5 Å². The van der Waals surface area contributed by atoms with E-state index in [4.69, 9.17) is 47.4 Å². The van der Waals surface area contributed by atoms with Crippen LogP contribution in [0.3, 0.4) is 0 Å². The van der Waals surface area contributed by atoms with Gasteiger partial charge in [0.25, 0.3) is 0 Å². The van der Waals surface area contributed by atoms with Crippen molar-refractivity contribution >= 4 is 0 Å². The van der Waals surface area contributed by atoms with Gasteiger partial charge < -0.3 is 42.6 Å². The molecule has 0 radical (unpaired) electrons. The molecule has 10 nitrogen and oxygen atoms in total. The lowest BCUT2D eigenvalue weighted by molar-refractivity contribution is -0.481. The molecule has 7 rings (SSSR count). The predicted molar refractivity (Wildman–Crippen MR) is 190 cm³/mol. The minimum Gasteiger partial charge on any atom is -0.374 e. The Morgan fingerprint density at radius 2 is 1.15 bits per heavy atom. The standard InChI is InChI=1S/C42H48O10/c1-30-38-35(23-37(43-2)50-30)48-29-49-42(52-38)41(47-27-34-21-13-6-14-22-34)40(46-26-33-19-11-5-12-20-33)39(45-25-32-17-9-4-10-18-32)36(51-42)28-44-24-31-15-7-3-8-16-31/h3-22,30,35-41H,23-29H2,1-2H3/t30?,35-,36?,37+,38-,39-,40?,41?,42-/m1/s1. The first-order valence-electron chi connectivity index (χ1n) is 18.0. The molecule has 3 fully saturated rings. The number of benzene rings is 4. The lowest BCUT2D eigenvalue weighted by atomic mass is 9.95. The van der Waals surface area contributed by atoms with Gasteiger partial charge in [-0.1, -0.05) is 121 Å². The normalized spacial score (nSPS) is 30.4. The molecule has 0 N–H and O–H groups in total. The summed E-state index contributed by atoms with van der Waals surface area (Å²) in [4.78, 5) is 0. The number of methoxy groups -OCH3 is 1. The monoisotopic (exact) mass is 712 g/mol. The van der Waals surface area contributed by atoms with E-state index in [9.17, 15) is 0 Å². The molecule has 3 aliphatic rings. The lowest BCUT2D eigenvalue weighted by Crippen LogP contribution is -2.70. The van der Waals surface area contributed by atoms with Crippen LogP contribution in [0.1, 0.15) is 35.6 Å². The van der Waals surface area contributed by atoms with E-state index in [2.05, 4.69) is 0 Å². The summed E-state index contributed by atoms with van der Waals surface area (Å²) in [5.41, 5.74) is 4.01. The zero-order valence-electron chi connectivity index (χ0n) is 29.7. The fraction of sp³-hybridized carbons (Fsp3) is 0.429. The van der Waals surface area contributed by atoms with Crippen LogP contribution in [0.25, 0.3) is 0 Å². The van der Waals surface area contributed by atoms with Crippen molar-refractivity contribution in [3.63, 3.8) is 0 Å². The first-order chi connectivity index (χ1) is 25.6. The van der Waals surface area contributed by atoms with E-state index in [1.165, 1.54) is 0 Å². The number of ether oxygens (including phenoxy) is 10. The van der Waals surface area contributed by atoms with Gasteiger partial charge in [-0.15, -0.1) is 0 Å². The third kappa shape index (κ3) is 9.15. The molecule has 3 heterocycles. The highest BCUT2D eigenvalue weighted by Crippen LogP contribution is 2.43. The van der Waals surface area contributed by atoms with E-state index >= 15 is 0 Å². The SMILES string of the molecule is CO[C@@H]1C[C@H]2OCO[C@]3(OC(COCc4ccccc4)[C@@H](OCc4ccccc4)C(OCc4ccccc4)C3OCc3ccccc3)O[C@@H]2C(C)O1. The van der Waals surface area contributed by atoms with Crippen LogP contribution in [0.5, 0.6) is 0 Å². The van der Waals surface area contributed by atoms with Gasteiger partial charge in [-0.25, -0.2) is 0 Å². The largest absolute Gasteiger partial charge is 0.374 e. The first-order valence-corrected chi connectivity index (χ1v) is 18.0. The van der Waals surface area contributed by atoms with Gasteiger partial charge in [0, 0.05) is 13.5 Å². The van der Waals surface area contributed by atoms with Gasteiger partial charge in [0.05, 0.1) is 45.2 Å². The molecule has 10 heteroatoms. The van der Waals surface area contributed by atoms with Crippen molar-refractivity contribution in [2.45, 2.75) is 94.8 Å². The zero-order chi connectivity index (χ0) is 35.6. The van der Waals surface area contributed by atoms with E-state index < -0.39 is 48.9 Å². The highest BCUT2D eigenvalue weighted by molar-refractivity contribution is 5.17. The van der Waals surface area contributed by atoms with Crippen LogP contribution in [-0.2, 0) is 73.8 Å². The molecule has 3 aliphatic heterocycles. The van der Waals surface area contributed by atoms with Crippen molar-refractivity contribution < 1.29 is 47.4 Å². The average Bonchev–Trinajstić information content (AvgIpc) is 3.37. The van der Waals surface area contributed by atoms with E-state index in [1.54, 1.807) is 7.11 Å². The van der Waals surface area contributed by atoms with Crippen molar-refractivity contribution in [3.8, 4) is 0 Å². The average molecular weight is 713 g/mol. The Bertz CT molecular complexity index is 1610. The van der Waals surface area contributed by atoms with Crippen molar-refractivity contribution in [2.24, 2.45) is 0 Å². The molecule has 52 heavy (non-hydrogen) atoms. The minimum atomic E-state index is -1.78. The Morgan fingerprint density at radius 3 is 1.71 bits per heavy atom. The van der Waals surface area contributed by atoms with Crippen LogP contribution in [0.2, 0.25) is 0 Å². The number of hydrogen-bond donors (Lipinski definition) is 0. The molecule has 0 bridgehead atoms. The summed E-state index contributed by atoms with van der Waals surface area (Å²) in [6.45, 7) is 3.19. The molecule has 0 aliphatic carbocycles. The van der Waals surface area contributed by atoms with Crippen molar-refractivity contribution in [2.75, 3.05) is 20.5 Å². The highest BCUT2D eigenvalue weighted by Gasteiger charge is 2.62. The van der Waals surface area contributed by atoms with Crippen LogP contribution < -0.4 is 0 Å². The van der Waals surface area contributed by atoms with Gasteiger partial charge in [-0.05, 0) is 29.2 Å².